The zero-order valence-electron chi connectivity index (χ0n) is 21.4. The van der Waals surface area contributed by atoms with E-state index < -0.39 is 29.4 Å². The number of ether oxygens (including phenoxy) is 1. The first kappa shape index (κ1) is 26.1. The summed E-state index contributed by atoms with van der Waals surface area (Å²) in [5.74, 6) is -3.51. The maximum absolute atomic E-state index is 14.9. The Balaban J connectivity index is 1.97. The van der Waals surface area contributed by atoms with Gasteiger partial charge in [0.25, 0.3) is 11.7 Å². The molecule has 1 aliphatic heterocycles. The van der Waals surface area contributed by atoms with E-state index in [1.54, 1.807) is 36.4 Å². The number of hydrogen-bond donors (Lipinski definition) is 1. The summed E-state index contributed by atoms with van der Waals surface area (Å²) in [6.45, 7) is 10.2. The predicted molar refractivity (Wildman–Crippen MR) is 139 cm³/mol. The third kappa shape index (κ3) is 4.86. The molecule has 1 N–H and O–H groups in total. The highest BCUT2D eigenvalue weighted by atomic mass is 19.1. The van der Waals surface area contributed by atoms with Gasteiger partial charge < -0.3 is 9.84 Å². The lowest BCUT2D eigenvalue weighted by molar-refractivity contribution is -0.132. The summed E-state index contributed by atoms with van der Waals surface area (Å²) in [5, 5.41) is 11.5. The molecule has 0 aliphatic carbocycles. The number of halogens is 2. The van der Waals surface area contributed by atoms with E-state index in [9.17, 15) is 23.5 Å². The molecule has 0 saturated carbocycles. The third-order valence-corrected chi connectivity index (χ3v) is 6.33. The lowest BCUT2D eigenvalue weighted by Crippen LogP contribution is -2.30. The second kappa shape index (κ2) is 9.81. The topological polar surface area (TPSA) is 66.8 Å². The van der Waals surface area contributed by atoms with Crippen LogP contribution in [0.15, 0.2) is 66.2 Å². The Labute approximate surface area is 215 Å². The van der Waals surface area contributed by atoms with Gasteiger partial charge in [0.15, 0.2) is 0 Å². The Morgan fingerprint density at radius 3 is 2.38 bits per heavy atom. The number of rotatable bonds is 5. The molecule has 7 heteroatoms. The lowest BCUT2D eigenvalue weighted by atomic mass is 9.84. The predicted octanol–water partition coefficient (Wildman–Crippen LogP) is 6.60. The molecule has 1 saturated heterocycles. The first-order valence-corrected chi connectivity index (χ1v) is 12.0. The second-order valence-corrected chi connectivity index (χ2v) is 10.1. The third-order valence-electron chi connectivity index (χ3n) is 6.33. The summed E-state index contributed by atoms with van der Waals surface area (Å²) in [6, 6.07) is 13.8. The lowest BCUT2D eigenvalue weighted by Gasteiger charge is -2.26. The Kier molecular flexibility index (Phi) is 6.91. The molecule has 1 unspecified atom stereocenters. The summed E-state index contributed by atoms with van der Waals surface area (Å²) in [7, 11) is 0. The van der Waals surface area contributed by atoms with Crippen LogP contribution >= 0.6 is 0 Å². The van der Waals surface area contributed by atoms with E-state index in [1.165, 1.54) is 0 Å². The quantitative estimate of drug-likeness (QED) is 0.241. The Morgan fingerprint density at radius 1 is 1.03 bits per heavy atom. The molecule has 4 rings (SSSR count). The fourth-order valence-electron chi connectivity index (χ4n) is 4.61. The molecule has 0 aromatic heterocycles. The largest absolute Gasteiger partial charge is 0.507 e. The number of ketones is 1. The highest BCUT2D eigenvalue weighted by molar-refractivity contribution is 6.51. The Bertz CT molecular complexity index is 1420. The Morgan fingerprint density at radius 2 is 1.76 bits per heavy atom. The number of carbonyl (C=O) groups is 2. The summed E-state index contributed by atoms with van der Waals surface area (Å²) < 4.78 is 34.3. The van der Waals surface area contributed by atoms with Gasteiger partial charge in [0.05, 0.1) is 23.9 Å². The van der Waals surface area contributed by atoms with Crippen LogP contribution in [0.5, 0.6) is 5.75 Å². The van der Waals surface area contributed by atoms with Crippen molar-refractivity contribution in [3.05, 3.63) is 100 Å². The molecule has 192 valence electrons. The highest BCUT2D eigenvalue weighted by Crippen LogP contribution is 2.44. The number of benzene rings is 3. The summed E-state index contributed by atoms with van der Waals surface area (Å²) >= 11 is 0. The molecular weight excluding hydrogens is 476 g/mol. The van der Waals surface area contributed by atoms with Crippen molar-refractivity contribution in [3.63, 3.8) is 0 Å². The average Bonchev–Trinajstić information content (AvgIpc) is 3.09. The SMILES string of the molecule is CCOc1ccc(/C(O)=C2/C(=O)C(=O)N(c3ccc(F)cc3F)C2c2cccc(C)c2)cc1C(C)(C)C. The molecule has 3 aromatic rings. The average molecular weight is 506 g/mol. The van der Waals surface area contributed by atoms with Crippen molar-refractivity contribution in [2.75, 3.05) is 11.5 Å². The minimum atomic E-state index is -1.12. The minimum Gasteiger partial charge on any atom is -0.507 e. The van der Waals surface area contributed by atoms with Gasteiger partial charge in [-0.05, 0) is 55.2 Å². The van der Waals surface area contributed by atoms with Crippen LogP contribution in [0.1, 0.15) is 56.0 Å². The summed E-state index contributed by atoms with van der Waals surface area (Å²) in [6.07, 6.45) is 0. The van der Waals surface area contributed by atoms with Crippen molar-refractivity contribution in [1.82, 2.24) is 0 Å². The van der Waals surface area contributed by atoms with E-state index in [2.05, 4.69) is 0 Å². The maximum atomic E-state index is 14.9. The molecule has 1 amide bonds. The number of aliphatic hydroxyl groups excluding tert-OH is 1. The van der Waals surface area contributed by atoms with E-state index in [4.69, 9.17) is 4.74 Å². The smallest absolute Gasteiger partial charge is 0.300 e. The molecule has 1 fully saturated rings. The van der Waals surface area contributed by atoms with E-state index >= 15 is 0 Å². The monoisotopic (exact) mass is 505 g/mol. The van der Waals surface area contributed by atoms with Gasteiger partial charge in [-0.2, -0.15) is 0 Å². The molecule has 0 bridgehead atoms. The molecule has 37 heavy (non-hydrogen) atoms. The fourth-order valence-corrected chi connectivity index (χ4v) is 4.61. The van der Waals surface area contributed by atoms with Gasteiger partial charge in [-0.25, -0.2) is 8.78 Å². The standard InChI is InChI=1S/C30H29F2NO4/c1-6-37-24-13-10-19(15-21(24)30(3,4)5)27(34)25-26(18-9-7-8-17(2)14-18)33(29(36)28(25)35)23-12-11-20(31)16-22(23)32/h7-16,26,34H,6H2,1-5H3/b27-25-. The number of Topliss-reactive ketones (excluding diaryl/α,β-unsaturated/α-hetero) is 1. The van der Waals surface area contributed by atoms with E-state index in [-0.39, 0.29) is 22.4 Å². The molecule has 1 atom stereocenters. The number of nitrogens with zero attached hydrogens (tertiary/aromatic N) is 1. The van der Waals surface area contributed by atoms with Crippen LogP contribution in [-0.2, 0) is 15.0 Å². The number of hydrogen-bond acceptors (Lipinski definition) is 4. The van der Waals surface area contributed by atoms with Crippen molar-refractivity contribution in [2.24, 2.45) is 0 Å². The number of carbonyl (C=O) groups excluding carboxylic acids is 2. The van der Waals surface area contributed by atoms with Crippen molar-refractivity contribution >= 4 is 23.1 Å². The van der Waals surface area contributed by atoms with Crippen LogP contribution in [0.3, 0.4) is 0 Å². The normalized spacial score (nSPS) is 17.4. The van der Waals surface area contributed by atoms with Crippen LogP contribution in [-0.4, -0.2) is 23.4 Å². The zero-order chi connectivity index (χ0) is 27.1. The van der Waals surface area contributed by atoms with Gasteiger partial charge in [0.2, 0.25) is 0 Å². The molecule has 3 aromatic carbocycles. The van der Waals surface area contributed by atoms with E-state index in [0.717, 1.165) is 28.2 Å². The summed E-state index contributed by atoms with van der Waals surface area (Å²) in [5.41, 5.74) is 1.71. The first-order chi connectivity index (χ1) is 17.4. The van der Waals surface area contributed by atoms with Crippen molar-refractivity contribution in [1.29, 1.82) is 0 Å². The van der Waals surface area contributed by atoms with Crippen LogP contribution in [0.25, 0.3) is 5.76 Å². The van der Waals surface area contributed by atoms with Gasteiger partial charge in [-0.15, -0.1) is 0 Å². The van der Waals surface area contributed by atoms with Gasteiger partial charge in [0, 0.05) is 17.2 Å². The van der Waals surface area contributed by atoms with Crippen molar-refractivity contribution in [3.8, 4) is 5.75 Å². The zero-order valence-corrected chi connectivity index (χ0v) is 21.4. The van der Waals surface area contributed by atoms with Crippen LogP contribution in [0.2, 0.25) is 0 Å². The molecular formula is C30H29F2NO4. The molecule has 5 nitrogen and oxygen atoms in total. The number of amides is 1. The highest BCUT2D eigenvalue weighted by Gasteiger charge is 2.47. The van der Waals surface area contributed by atoms with Crippen LogP contribution in [0.4, 0.5) is 14.5 Å². The number of aryl methyl sites for hydroxylation is 1. The number of anilines is 1. The van der Waals surface area contributed by atoms with Gasteiger partial charge in [-0.3, -0.25) is 14.5 Å². The maximum Gasteiger partial charge on any atom is 0.300 e. The van der Waals surface area contributed by atoms with Crippen molar-refractivity contribution < 1.29 is 28.2 Å². The molecule has 0 radical (unpaired) electrons. The van der Waals surface area contributed by atoms with E-state index in [0.29, 0.717) is 29.5 Å². The minimum absolute atomic E-state index is 0.177. The molecule has 1 aliphatic rings. The van der Waals surface area contributed by atoms with Gasteiger partial charge >= 0.3 is 0 Å². The molecule has 0 spiro atoms. The fraction of sp³-hybridized carbons (Fsp3) is 0.267. The number of aliphatic hydroxyl groups is 1. The van der Waals surface area contributed by atoms with Gasteiger partial charge in [-0.1, -0.05) is 50.6 Å². The van der Waals surface area contributed by atoms with Gasteiger partial charge in [0.1, 0.15) is 23.1 Å². The Hall–Kier alpha value is -4.00. The first-order valence-electron chi connectivity index (χ1n) is 12.0. The van der Waals surface area contributed by atoms with E-state index in [1.807, 2.05) is 40.7 Å². The van der Waals surface area contributed by atoms with Crippen LogP contribution < -0.4 is 9.64 Å². The summed E-state index contributed by atoms with van der Waals surface area (Å²) in [4.78, 5) is 27.6. The van der Waals surface area contributed by atoms with Crippen LogP contribution in [0, 0.1) is 18.6 Å². The van der Waals surface area contributed by atoms with Crippen molar-refractivity contribution in [2.45, 2.75) is 46.1 Å². The second-order valence-electron chi connectivity index (χ2n) is 10.1. The molecule has 1 heterocycles.